The summed E-state index contributed by atoms with van der Waals surface area (Å²) in [5, 5.41) is 8.47. The molecular formula is C12H11ClN2O3. The zero-order valence-corrected chi connectivity index (χ0v) is 10.3. The largest absolute Gasteiger partial charge is 0.467 e. The Morgan fingerprint density at radius 2 is 1.94 bits per heavy atom. The molecule has 0 saturated heterocycles. The van der Waals surface area contributed by atoms with Crippen LogP contribution in [0.4, 0.5) is 0 Å². The number of carbonyl (C=O) groups excluding carboxylic acids is 1. The van der Waals surface area contributed by atoms with Gasteiger partial charge in [-0.15, -0.1) is 10.2 Å². The van der Waals surface area contributed by atoms with Crippen LogP contribution in [0.3, 0.4) is 0 Å². The molecule has 0 bridgehead atoms. The van der Waals surface area contributed by atoms with Crippen molar-refractivity contribution < 1.29 is 13.9 Å². The van der Waals surface area contributed by atoms with Gasteiger partial charge in [-0.3, -0.25) is 4.79 Å². The zero-order valence-electron chi connectivity index (χ0n) is 9.51. The molecule has 0 spiro atoms. The lowest BCUT2D eigenvalue weighted by molar-refractivity contribution is -0.128. The normalized spacial score (nSPS) is 10.3. The molecule has 94 valence electrons. The van der Waals surface area contributed by atoms with Gasteiger partial charge in [0.1, 0.15) is 0 Å². The summed E-state index contributed by atoms with van der Waals surface area (Å²) in [5.74, 6) is 0.985. The lowest BCUT2D eigenvalue weighted by atomic mass is 10.1. The van der Waals surface area contributed by atoms with Gasteiger partial charge < -0.3 is 9.15 Å². The molecule has 0 fully saturated rings. The molecule has 18 heavy (non-hydrogen) atoms. The van der Waals surface area contributed by atoms with Crippen LogP contribution in [0.5, 0.6) is 0 Å². The van der Waals surface area contributed by atoms with E-state index in [1.165, 1.54) is 0 Å². The second-order valence-corrected chi connectivity index (χ2v) is 4.05. The zero-order chi connectivity index (χ0) is 12.8. The number of benzene rings is 1. The van der Waals surface area contributed by atoms with Gasteiger partial charge in [0, 0.05) is 5.02 Å². The predicted molar refractivity (Wildman–Crippen MR) is 64.3 cm³/mol. The van der Waals surface area contributed by atoms with Crippen LogP contribution in [0.1, 0.15) is 17.3 Å². The van der Waals surface area contributed by atoms with Crippen LogP contribution in [-0.2, 0) is 22.4 Å². The summed E-state index contributed by atoms with van der Waals surface area (Å²) >= 11 is 5.80. The lowest BCUT2D eigenvalue weighted by Gasteiger charge is -1.96. The standard InChI is InChI=1S/C12H11ClN2O3/c13-10-3-1-9(2-4-10)7-12-15-14-11(18-12)5-6-17-8-16/h1-4,8H,5-7H2. The molecule has 0 aliphatic heterocycles. The Morgan fingerprint density at radius 3 is 2.67 bits per heavy atom. The highest BCUT2D eigenvalue weighted by atomic mass is 35.5. The number of nitrogens with zero attached hydrogens (tertiary/aromatic N) is 2. The highest BCUT2D eigenvalue weighted by molar-refractivity contribution is 6.30. The quantitative estimate of drug-likeness (QED) is 0.591. The van der Waals surface area contributed by atoms with Crippen molar-refractivity contribution in [3.63, 3.8) is 0 Å². The fourth-order valence-electron chi connectivity index (χ4n) is 1.43. The van der Waals surface area contributed by atoms with Crippen molar-refractivity contribution in [2.75, 3.05) is 6.61 Å². The van der Waals surface area contributed by atoms with E-state index in [2.05, 4.69) is 14.9 Å². The first-order valence-corrected chi connectivity index (χ1v) is 5.76. The molecule has 0 aliphatic rings. The minimum absolute atomic E-state index is 0.242. The number of ether oxygens (including phenoxy) is 1. The maximum atomic E-state index is 9.97. The summed E-state index contributed by atoms with van der Waals surface area (Å²) in [7, 11) is 0. The van der Waals surface area contributed by atoms with Crippen LogP contribution in [0, 0.1) is 0 Å². The first-order valence-electron chi connectivity index (χ1n) is 5.39. The smallest absolute Gasteiger partial charge is 0.293 e. The average Bonchev–Trinajstić information content (AvgIpc) is 2.80. The van der Waals surface area contributed by atoms with Gasteiger partial charge in [-0.1, -0.05) is 23.7 Å². The fraction of sp³-hybridized carbons (Fsp3) is 0.250. The van der Waals surface area contributed by atoms with Gasteiger partial charge in [-0.25, -0.2) is 0 Å². The average molecular weight is 267 g/mol. The first kappa shape index (κ1) is 12.6. The van der Waals surface area contributed by atoms with E-state index < -0.39 is 0 Å². The minimum Gasteiger partial charge on any atom is -0.467 e. The van der Waals surface area contributed by atoms with Gasteiger partial charge >= 0.3 is 0 Å². The molecule has 5 nitrogen and oxygen atoms in total. The van der Waals surface area contributed by atoms with Crippen molar-refractivity contribution in [1.29, 1.82) is 0 Å². The van der Waals surface area contributed by atoms with Crippen molar-refractivity contribution in [3.05, 3.63) is 46.6 Å². The van der Waals surface area contributed by atoms with E-state index >= 15 is 0 Å². The Kier molecular flexibility index (Phi) is 4.30. The molecule has 0 amide bonds. The number of aromatic nitrogens is 2. The monoisotopic (exact) mass is 266 g/mol. The molecule has 1 aromatic heterocycles. The van der Waals surface area contributed by atoms with Crippen molar-refractivity contribution in [3.8, 4) is 0 Å². The summed E-state index contributed by atoms with van der Waals surface area (Å²) in [6.45, 7) is 0.636. The Hall–Kier alpha value is -1.88. The van der Waals surface area contributed by atoms with E-state index in [0.29, 0.717) is 36.1 Å². The van der Waals surface area contributed by atoms with Gasteiger partial charge in [0.15, 0.2) is 0 Å². The molecule has 1 heterocycles. The van der Waals surface area contributed by atoms with E-state index in [9.17, 15) is 4.79 Å². The topological polar surface area (TPSA) is 65.2 Å². The van der Waals surface area contributed by atoms with Crippen LogP contribution < -0.4 is 0 Å². The molecule has 0 unspecified atom stereocenters. The van der Waals surface area contributed by atoms with Gasteiger partial charge in [-0.2, -0.15) is 0 Å². The molecule has 0 saturated carbocycles. The lowest BCUT2D eigenvalue weighted by Crippen LogP contribution is -1.96. The summed E-state index contributed by atoms with van der Waals surface area (Å²) in [6, 6.07) is 7.43. The third-order valence-corrected chi connectivity index (χ3v) is 2.53. The van der Waals surface area contributed by atoms with E-state index in [4.69, 9.17) is 16.0 Å². The number of halogens is 1. The summed E-state index contributed by atoms with van der Waals surface area (Å²) in [5.41, 5.74) is 1.04. The molecule has 0 aliphatic carbocycles. The molecule has 6 heteroatoms. The first-order chi connectivity index (χ1) is 8.78. The summed E-state index contributed by atoms with van der Waals surface area (Å²) in [6.07, 6.45) is 0.977. The second kappa shape index (κ2) is 6.16. The molecular weight excluding hydrogens is 256 g/mol. The second-order valence-electron chi connectivity index (χ2n) is 3.61. The maximum Gasteiger partial charge on any atom is 0.293 e. The van der Waals surface area contributed by atoms with Gasteiger partial charge in [-0.05, 0) is 17.7 Å². The van der Waals surface area contributed by atoms with E-state index in [1.807, 2.05) is 24.3 Å². The van der Waals surface area contributed by atoms with Crippen LogP contribution >= 0.6 is 11.6 Å². The molecule has 2 rings (SSSR count). The van der Waals surface area contributed by atoms with E-state index in [0.717, 1.165) is 5.56 Å². The third-order valence-electron chi connectivity index (χ3n) is 2.28. The molecule has 0 atom stereocenters. The van der Waals surface area contributed by atoms with Gasteiger partial charge in [0.2, 0.25) is 11.8 Å². The fourth-order valence-corrected chi connectivity index (χ4v) is 1.56. The molecule has 1 aromatic carbocycles. The van der Waals surface area contributed by atoms with Crippen LogP contribution in [-0.4, -0.2) is 23.3 Å². The van der Waals surface area contributed by atoms with Crippen LogP contribution in [0.15, 0.2) is 28.7 Å². The summed E-state index contributed by atoms with van der Waals surface area (Å²) in [4.78, 5) is 9.97. The Labute approximate surface area is 109 Å². The Bertz CT molecular complexity index is 510. The van der Waals surface area contributed by atoms with Gasteiger partial charge in [0.25, 0.3) is 6.47 Å². The van der Waals surface area contributed by atoms with Crippen molar-refractivity contribution in [2.45, 2.75) is 12.8 Å². The number of rotatable bonds is 6. The SMILES string of the molecule is O=COCCc1nnc(Cc2ccc(Cl)cc2)o1. The number of hydrogen-bond acceptors (Lipinski definition) is 5. The Balaban J connectivity index is 1.93. The highest BCUT2D eigenvalue weighted by Gasteiger charge is 2.07. The van der Waals surface area contributed by atoms with Crippen LogP contribution in [0.25, 0.3) is 0 Å². The van der Waals surface area contributed by atoms with Gasteiger partial charge in [0.05, 0.1) is 19.4 Å². The summed E-state index contributed by atoms with van der Waals surface area (Å²) < 4.78 is 9.97. The highest BCUT2D eigenvalue weighted by Crippen LogP contribution is 2.13. The minimum atomic E-state index is 0.242. The third kappa shape index (κ3) is 3.56. The number of carbonyl (C=O) groups is 1. The van der Waals surface area contributed by atoms with E-state index in [1.54, 1.807) is 0 Å². The van der Waals surface area contributed by atoms with Crippen molar-refractivity contribution >= 4 is 18.1 Å². The molecule has 0 radical (unpaired) electrons. The van der Waals surface area contributed by atoms with Crippen molar-refractivity contribution in [1.82, 2.24) is 10.2 Å². The number of hydrogen-bond donors (Lipinski definition) is 0. The van der Waals surface area contributed by atoms with E-state index in [-0.39, 0.29) is 6.61 Å². The van der Waals surface area contributed by atoms with Crippen molar-refractivity contribution in [2.24, 2.45) is 0 Å². The predicted octanol–water partition coefficient (Wildman–Crippen LogP) is 2.03. The molecule has 0 N–H and O–H groups in total. The Morgan fingerprint density at radius 1 is 1.22 bits per heavy atom. The molecule has 2 aromatic rings. The van der Waals surface area contributed by atoms with Crippen LogP contribution in [0.2, 0.25) is 5.02 Å². The maximum absolute atomic E-state index is 9.97.